The van der Waals surface area contributed by atoms with Crippen LogP contribution in [0.4, 0.5) is 5.69 Å². The Kier molecular flexibility index (Phi) is 4.22. The lowest BCUT2D eigenvalue weighted by atomic mass is 9.77. The quantitative estimate of drug-likeness (QED) is 0.860. The minimum absolute atomic E-state index is 0.112. The monoisotopic (exact) mass is 337 g/mol. The van der Waals surface area contributed by atoms with Crippen molar-refractivity contribution in [3.05, 3.63) is 64.7 Å². The average Bonchev–Trinajstić information content (AvgIpc) is 2.67. The predicted molar refractivity (Wildman–Crippen MR) is 97.0 cm³/mol. The number of carboxylic acid groups (broad SMARTS) is 1. The number of benzene rings is 2. The number of carboxylic acids is 1. The molecule has 1 saturated heterocycles. The Hall–Kier alpha value is -2.33. The van der Waals surface area contributed by atoms with Crippen molar-refractivity contribution < 1.29 is 14.6 Å². The standard InChI is InChI=1S/C21H23NO3/c1-2-13-5-10-18-17(12-13)20-16(4-3-11-25-20)19(22-18)14-6-8-15(9-7-14)21(23)24/h5-10,12,16,19-20,22H,2-4,11H2,1H3,(H,23,24)/t16-,19-,20-/m1/s1. The fourth-order valence-electron chi connectivity index (χ4n) is 4.10. The van der Waals surface area contributed by atoms with Gasteiger partial charge in [0.2, 0.25) is 0 Å². The second-order valence-electron chi connectivity index (χ2n) is 6.92. The molecular weight excluding hydrogens is 314 g/mol. The Bertz CT molecular complexity index is 784. The van der Waals surface area contributed by atoms with E-state index in [-0.39, 0.29) is 12.1 Å². The number of aryl methyl sites for hydroxylation is 1. The first-order valence-electron chi connectivity index (χ1n) is 9.01. The highest BCUT2D eigenvalue weighted by Gasteiger charge is 2.39. The lowest BCUT2D eigenvalue weighted by Crippen LogP contribution is -2.36. The van der Waals surface area contributed by atoms with Crippen molar-refractivity contribution in [2.75, 3.05) is 11.9 Å². The van der Waals surface area contributed by atoms with Crippen LogP contribution in [-0.2, 0) is 11.2 Å². The van der Waals surface area contributed by atoms with Gasteiger partial charge in [-0.3, -0.25) is 0 Å². The van der Waals surface area contributed by atoms with Crippen molar-refractivity contribution in [2.24, 2.45) is 5.92 Å². The van der Waals surface area contributed by atoms with E-state index in [1.165, 1.54) is 11.1 Å². The van der Waals surface area contributed by atoms with Crippen molar-refractivity contribution in [1.82, 2.24) is 0 Å². The van der Waals surface area contributed by atoms with E-state index >= 15 is 0 Å². The summed E-state index contributed by atoms with van der Waals surface area (Å²) in [5.74, 6) is -0.525. The van der Waals surface area contributed by atoms with E-state index in [1.54, 1.807) is 12.1 Å². The number of ether oxygens (including phenoxy) is 1. The fraction of sp³-hybridized carbons (Fsp3) is 0.381. The largest absolute Gasteiger partial charge is 0.478 e. The minimum atomic E-state index is -0.889. The van der Waals surface area contributed by atoms with E-state index in [0.29, 0.717) is 11.5 Å². The summed E-state index contributed by atoms with van der Waals surface area (Å²) < 4.78 is 6.19. The third kappa shape index (κ3) is 2.91. The van der Waals surface area contributed by atoms with Crippen molar-refractivity contribution in [3.8, 4) is 0 Å². The lowest BCUT2D eigenvalue weighted by molar-refractivity contribution is -0.0381. The summed E-state index contributed by atoms with van der Waals surface area (Å²) >= 11 is 0. The summed E-state index contributed by atoms with van der Waals surface area (Å²) in [5, 5.41) is 12.8. The molecule has 0 saturated carbocycles. The molecule has 25 heavy (non-hydrogen) atoms. The van der Waals surface area contributed by atoms with Crippen LogP contribution >= 0.6 is 0 Å². The number of hydrogen-bond donors (Lipinski definition) is 2. The van der Waals surface area contributed by atoms with Crippen LogP contribution < -0.4 is 5.32 Å². The number of aromatic carboxylic acids is 1. The third-order valence-electron chi connectivity index (χ3n) is 5.45. The van der Waals surface area contributed by atoms with Crippen molar-refractivity contribution >= 4 is 11.7 Å². The van der Waals surface area contributed by atoms with Gasteiger partial charge in [-0.1, -0.05) is 31.2 Å². The normalized spacial score (nSPS) is 24.8. The third-order valence-corrected chi connectivity index (χ3v) is 5.45. The van der Waals surface area contributed by atoms with Crippen LogP contribution in [0.3, 0.4) is 0 Å². The Balaban J connectivity index is 1.72. The molecule has 3 atom stereocenters. The Morgan fingerprint density at radius 3 is 2.76 bits per heavy atom. The number of hydrogen-bond acceptors (Lipinski definition) is 3. The van der Waals surface area contributed by atoms with Crippen LogP contribution in [0, 0.1) is 5.92 Å². The molecule has 0 amide bonds. The highest BCUT2D eigenvalue weighted by Crippen LogP contribution is 2.49. The van der Waals surface area contributed by atoms with E-state index in [0.717, 1.165) is 37.1 Å². The molecule has 0 spiro atoms. The van der Waals surface area contributed by atoms with Crippen molar-refractivity contribution in [3.63, 3.8) is 0 Å². The van der Waals surface area contributed by atoms with Crippen LogP contribution in [0.15, 0.2) is 42.5 Å². The summed E-state index contributed by atoms with van der Waals surface area (Å²) in [4.78, 5) is 11.1. The van der Waals surface area contributed by atoms with Gasteiger partial charge in [0.1, 0.15) is 0 Å². The topological polar surface area (TPSA) is 58.6 Å². The molecule has 2 aliphatic rings. The molecule has 4 rings (SSSR count). The van der Waals surface area contributed by atoms with Gasteiger partial charge in [-0.25, -0.2) is 4.79 Å². The number of anilines is 1. The maximum atomic E-state index is 11.1. The molecule has 0 aromatic heterocycles. The van der Waals surface area contributed by atoms with Gasteiger partial charge in [-0.2, -0.15) is 0 Å². The summed E-state index contributed by atoms with van der Waals surface area (Å²) in [6.45, 7) is 2.98. The first-order valence-corrected chi connectivity index (χ1v) is 9.01. The van der Waals surface area contributed by atoms with Gasteiger partial charge in [0.25, 0.3) is 0 Å². The Labute approximate surface area is 147 Å². The van der Waals surface area contributed by atoms with E-state index in [1.807, 2.05) is 12.1 Å². The fourth-order valence-corrected chi connectivity index (χ4v) is 4.10. The Morgan fingerprint density at radius 1 is 1.24 bits per heavy atom. The van der Waals surface area contributed by atoms with Gasteiger partial charge in [0, 0.05) is 23.8 Å². The second-order valence-corrected chi connectivity index (χ2v) is 6.92. The van der Waals surface area contributed by atoms with Crippen LogP contribution in [-0.4, -0.2) is 17.7 Å². The zero-order valence-corrected chi connectivity index (χ0v) is 14.4. The number of rotatable bonds is 3. The maximum Gasteiger partial charge on any atom is 0.335 e. The number of fused-ring (bicyclic) bond motifs is 3. The summed E-state index contributed by atoms with van der Waals surface area (Å²) in [6, 6.07) is 14.0. The predicted octanol–water partition coefficient (Wildman–Crippen LogP) is 4.58. The molecule has 1 fully saturated rings. The van der Waals surface area contributed by atoms with Crippen LogP contribution in [0.1, 0.15) is 59.0 Å². The molecule has 4 heteroatoms. The second kappa shape index (κ2) is 6.52. The van der Waals surface area contributed by atoms with Gasteiger partial charge in [-0.05, 0) is 48.6 Å². The van der Waals surface area contributed by atoms with Gasteiger partial charge in [-0.15, -0.1) is 0 Å². The molecule has 130 valence electrons. The minimum Gasteiger partial charge on any atom is -0.478 e. The zero-order chi connectivity index (χ0) is 17.4. The van der Waals surface area contributed by atoms with E-state index in [2.05, 4.69) is 30.4 Å². The van der Waals surface area contributed by atoms with E-state index in [9.17, 15) is 4.79 Å². The molecule has 2 aromatic rings. The Morgan fingerprint density at radius 2 is 2.04 bits per heavy atom. The molecule has 4 nitrogen and oxygen atoms in total. The molecule has 0 aliphatic carbocycles. The maximum absolute atomic E-state index is 11.1. The molecule has 0 radical (unpaired) electrons. The van der Waals surface area contributed by atoms with Crippen LogP contribution in [0.25, 0.3) is 0 Å². The average molecular weight is 337 g/mol. The number of carbonyl (C=O) groups is 1. The van der Waals surface area contributed by atoms with Crippen LogP contribution in [0.2, 0.25) is 0 Å². The van der Waals surface area contributed by atoms with Crippen molar-refractivity contribution in [1.29, 1.82) is 0 Å². The first kappa shape index (κ1) is 16.2. The molecule has 2 N–H and O–H groups in total. The van der Waals surface area contributed by atoms with Gasteiger partial charge in [0.05, 0.1) is 17.7 Å². The van der Waals surface area contributed by atoms with E-state index in [4.69, 9.17) is 9.84 Å². The summed E-state index contributed by atoms with van der Waals surface area (Å²) in [7, 11) is 0. The van der Waals surface area contributed by atoms with Gasteiger partial charge < -0.3 is 15.2 Å². The molecular formula is C21H23NO3. The molecule has 0 bridgehead atoms. The SMILES string of the molecule is CCc1ccc2c(c1)[C@@H]1OCCC[C@@H]1[C@@H](c1ccc(C(=O)O)cc1)N2. The smallest absolute Gasteiger partial charge is 0.335 e. The number of nitrogens with one attached hydrogen (secondary N) is 1. The molecule has 2 heterocycles. The first-order chi connectivity index (χ1) is 12.2. The summed E-state index contributed by atoms with van der Waals surface area (Å²) in [5.41, 5.74) is 5.17. The van der Waals surface area contributed by atoms with Crippen LogP contribution in [0.5, 0.6) is 0 Å². The zero-order valence-electron chi connectivity index (χ0n) is 14.4. The molecule has 2 aromatic carbocycles. The molecule has 2 aliphatic heterocycles. The van der Waals surface area contributed by atoms with Crippen molar-refractivity contribution in [2.45, 2.75) is 38.3 Å². The summed E-state index contributed by atoms with van der Waals surface area (Å²) in [6.07, 6.45) is 3.31. The van der Waals surface area contributed by atoms with E-state index < -0.39 is 5.97 Å². The lowest BCUT2D eigenvalue weighted by Gasteiger charge is -2.43. The highest BCUT2D eigenvalue weighted by atomic mass is 16.5. The van der Waals surface area contributed by atoms with Gasteiger partial charge in [0.15, 0.2) is 0 Å². The molecule has 0 unspecified atom stereocenters. The van der Waals surface area contributed by atoms with Gasteiger partial charge >= 0.3 is 5.97 Å². The highest BCUT2D eigenvalue weighted by molar-refractivity contribution is 5.87.